The first kappa shape index (κ1) is 17.1. The second-order valence-corrected chi connectivity index (χ2v) is 9.80. The molecular weight excluding hydrogens is 350 g/mol. The fourth-order valence-electron chi connectivity index (χ4n) is 3.83. The van der Waals surface area contributed by atoms with Gasteiger partial charge in [0.1, 0.15) is 0 Å². The second-order valence-electron chi connectivity index (χ2n) is 7.04. The van der Waals surface area contributed by atoms with Gasteiger partial charge in [-0.1, -0.05) is 48.9 Å². The van der Waals surface area contributed by atoms with E-state index < -0.39 is 10.0 Å². The minimum absolute atomic E-state index is 0.0941. The normalized spacial score (nSPS) is 17.8. The van der Waals surface area contributed by atoms with E-state index in [1.165, 1.54) is 16.0 Å². The molecule has 2 aromatic rings. The Morgan fingerprint density at radius 3 is 2.52 bits per heavy atom. The number of sulfonamides is 1. The van der Waals surface area contributed by atoms with Gasteiger partial charge in [-0.3, -0.25) is 0 Å². The highest BCUT2D eigenvalue weighted by Gasteiger charge is 2.26. The standard InChI is InChI=1S/C20H23NO2S2/c1-14-12-16-11-10-15-6-2-5-9-18(15)24-19(16)13-20(14)25(22,23)21-17-7-3-4-8-17/h2,5-6,9,12-13,17,21H,3-4,7-8,10-11H2,1H3. The van der Waals surface area contributed by atoms with Crippen molar-refractivity contribution >= 4 is 21.8 Å². The van der Waals surface area contributed by atoms with Gasteiger partial charge in [0, 0.05) is 15.8 Å². The molecule has 25 heavy (non-hydrogen) atoms. The molecule has 0 bridgehead atoms. The van der Waals surface area contributed by atoms with Crippen LogP contribution in [-0.2, 0) is 22.9 Å². The Hall–Kier alpha value is -1.30. The zero-order valence-electron chi connectivity index (χ0n) is 14.4. The maximum absolute atomic E-state index is 12.9. The van der Waals surface area contributed by atoms with E-state index in [1.807, 2.05) is 19.1 Å². The van der Waals surface area contributed by atoms with Crippen LogP contribution in [0, 0.1) is 6.92 Å². The zero-order chi connectivity index (χ0) is 17.4. The van der Waals surface area contributed by atoms with Gasteiger partial charge < -0.3 is 0 Å². The molecule has 0 unspecified atom stereocenters. The molecule has 1 heterocycles. The zero-order valence-corrected chi connectivity index (χ0v) is 16.1. The number of nitrogens with one attached hydrogen (secondary N) is 1. The topological polar surface area (TPSA) is 46.2 Å². The lowest BCUT2D eigenvalue weighted by molar-refractivity contribution is 0.551. The summed E-state index contributed by atoms with van der Waals surface area (Å²) in [4.78, 5) is 2.74. The summed E-state index contributed by atoms with van der Waals surface area (Å²) in [6.45, 7) is 1.91. The third kappa shape index (κ3) is 3.50. The van der Waals surface area contributed by atoms with Gasteiger partial charge in [0.05, 0.1) is 4.90 Å². The number of hydrogen-bond donors (Lipinski definition) is 1. The van der Waals surface area contributed by atoms with E-state index in [1.54, 1.807) is 11.8 Å². The monoisotopic (exact) mass is 373 g/mol. The first-order chi connectivity index (χ1) is 12.0. The van der Waals surface area contributed by atoms with E-state index in [2.05, 4.69) is 29.0 Å². The van der Waals surface area contributed by atoms with Crippen LogP contribution in [0.2, 0.25) is 0 Å². The van der Waals surface area contributed by atoms with E-state index in [0.717, 1.165) is 49.0 Å². The van der Waals surface area contributed by atoms with Crippen molar-refractivity contribution in [3.8, 4) is 0 Å². The predicted octanol–water partition coefficient (Wildman–Crippen LogP) is 4.47. The maximum Gasteiger partial charge on any atom is 0.241 e. The van der Waals surface area contributed by atoms with Crippen molar-refractivity contribution in [2.24, 2.45) is 0 Å². The molecule has 4 rings (SSSR count). The van der Waals surface area contributed by atoms with Crippen LogP contribution in [0.25, 0.3) is 0 Å². The summed E-state index contributed by atoms with van der Waals surface area (Å²) in [5.41, 5.74) is 3.43. The van der Waals surface area contributed by atoms with Crippen LogP contribution in [0.3, 0.4) is 0 Å². The van der Waals surface area contributed by atoms with Crippen LogP contribution in [0.15, 0.2) is 51.1 Å². The van der Waals surface area contributed by atoms with Gasteiger partial charge in [0.2, 0.25) is 10.0 Å². The lowest BCUT2D eigenvalue weighted by Gasteiger charge is -2.16. The van der Waals surface area contributed by atoms with E-state index in [4.69, 9.17) is 0 Å². The lowest BCUT2D eigenvalue weighted by atomic mass is 10.0. The van der Waals surface area contributed by atoms with E-state index in [-0.39, 0.29) is 6.04 Å². The van der Waals surface area contributed by atoms with Crippen molar-refractivity contribution in [2.45, 2.75) is 66.2 Å². The summed E-state index contributed by atoms with van der Waals surface area (Å²) < 4.78 is 28.7. The van der Waals surface area contributed by atoms with Crippen LogP contribution in [0.4, 0.5) is 0 Å². The molecule has 3 nitrogen and oxygen atoms in total. The molecule has 5 heteroatoms. The molecular formula is C20H23NO2S2. The van der Waals surface area contributed by atoms with Crippen LogP contribution in [-0.4, -0.2) is 14.5 Å². The van der Waals surface area contributed by atoms with Gasteiger partial charge in [-0.15, -0.1) is 0 Å². The number of aryl methyl sites for hydroxylation is 3. The average molecular weight is 374 g/mol. The Morgan fingerprint density at radius 2 is 1.72 bits per heavy atom. The summed E-state index contributed by atoms with van der Waals surface area (Å²) >= 11 is 1.69. The molecule has 2 aliphatic rings. The molecule has 0 amide bonds. The van der Waals surface area contributed by atoms with Gasteiger partial charge in [-0.05, 0) is 61.4 Å². The van der Waals surface area contributed by atoms with Gasteiger partial charge in [-0.25, -0.2) is 13.1 Å². The van der Waals surface area contributed by atoms with Crippen molar-refractivity contribution in [2.75, 3.05) is 0 Å². The van der Waals surface area contributed by atoms with Crippen molar-refractivity contribution in [3.05, 3.63) is 53.1 Å². The highest BCUT2D eigenvalue weighted by Crippen LogP contribution is 2.39. The Kier molecular flexibility index (Phi) is 4.65. The third-order valence-corrected chi connectivity index (χ3v) is 8.06. The fourth-order valence-corrected chi connectivity index (χ4v) is 6.62. The average Bonchev–Trinajstić information content (AvgIpc) is 3.00. The molecule has 132 valence electrons. The molecule has 1 aliphatic heterocycles. The molecule has 1 fully saturated rings. The summed E-state index contributed by atoms with van der Waals surface area (Å²) in [5.74, 6) is 0. The molecule has 1 N–H and O–H groups in total. The fraction of sp³-hybridized carbons (Fsp3) is 0.400. The SMILES string of the molecule is Cc1cc2c(cc1S(=O)(=O)NC1CCCC1)Sc1ccccc1CC2. The van der Waals surface area contributed by atoms with Crippen molar-refractivity contribution in [3.63, 3.8) is 0 Å². The number of hydrogen-bond acceptors (Lipinski definition) is 3. The minimum Gasteiger partial charge on any atom is -0.208 e. The molecule has 0 atom stereocenters. The number of benzene rings is 2. The van der Waals surface area contributed by atoms with E-state index in [0.29, 0.717) is 4.90 Å². The third-order valence-electron chi connectivity index (χ3n) is 5.18. The Labute approximate surface area is 154 Å². The van der Waals surface area contributed by atoms with Crippen LogP contribution in [0.5, 0.6) is 0 Å². The first-order valence-electron chi connectivity index (χ1n) is 8.94. The summed E-state index contributed by atoms with van der Waals surface area (Å²) in [6.07, 6.45) is 6.08. The molecule has 0 aromatic heterocycles. The Bertz CT molecular complexity index is 900. The van der Waals surface area contributed by atoms with Crippen LogP contribution < -0.4 is 4.72 Å². The quantitative estimate of drug-likeness (QED) is 0.864. The van der Waals surface area contributed by atoms with E-state index >= 15 is 0 Å². The summed E-state index contributed by atoms with van der Waals surface area (Å²) in [7, 11) is -3.46. The maximum atomic E-state index is 12.9. The first-order valence-corrected chi connectivity index (χ1v) is 11.2. The predicted molar refractivity (Wildman–Crippen MR) is 102 cm³/mol. The minimum atomic E-state index is -3.46. The highest BCUT2D eigenvalue weighted by atomic mass is 32.2. The van der Waals surface area contributed by atoms with Gasteiger partial charge in [-0.2, -0.15) is 0 Å². The lowest BCUT2D eigenvalue weighted by Crippen LogP contribution is -2.33. The van der Waals surface area contributed by atoms with Gasteiger partial charge in [0.15, 0.2) is 0 Å². The van der Waals surface area contributed by atoms with Crippen molar-refractivity contribution < 1.29 is 8.42 Å². The van der Waals surface area contributed by atoms with E-state index in [9.17, 15) is 8.42 Å². The van der Waals surface area contributed by atoms with Crippen LogP contribution >= 0.6 is 11.8 Å². The van der Waals surface area contributed by atoms with Crippen molar-refractivity contribution in [1.82, 2.24) is 4.72 Å². The molecule has 0 radical (unpaired) electrons. The highest BCUT2D eigenvalue weighted by molar-refractivity contribution is 7.99. The molecule has 1 aliphatic carbocycles. The Balaban J connectivity index is 1.70. The van der Waals surface area contributed by atoms with Crippen molar-refractivity contribution in [1.29, 1.82) is 0 Å². The smallest absolute Gasteiger partial charge is 0.208 e. The largest absolute Gasteiger partial charge is 0.241 e. The molecule has 1 saturated carbocycles. The number of rotatable bonds is 3. The molecule has 2 aromatic carbocycles. The molecule has 0 spiro atoms. The van der Waals surface area contributed by atoms with Gasteiger partial charge >= 0.3 is 0 Å². The van der Waals surface area contributed by atoms with Crippen LogP contribution in [0.1, 0.15) is 42.4 Å². The Morgan fingerprint density at radius 1 is 1.00 bits per heavy atom. The summed E-state index contributed by atoms with van der Waals surface area (Å²) in [6, 6.07) is 12.5. The summed E-state index contributed by atoms with van der Waals surface area (Å²) in [5, 5.41) is 0. The molecule has 0 saturated heterocycles. The number of fused-ring (bicyclic) bond motifs is 2. The second kappa shape index (κ2) is 6.78. The van der Waals surface area contributed by atoms with Gasteiger partial charge in [0.25, 0.3) is 0 Å².